The zero-order valence-electron chi connectivity index (χ0n) is 28.7. The summed E-state index contributed by atoms with van der Waals surface area (Å²) in [5.74, 6) is 0.120. The number of likely N-dealkylation sites (N-methyl/N-ethyl adjacent to an activating group) is 1. The number of carbonyl (C=O) groups is 1. The highest BCUT2D eigenvalue weighted by atomic mass is 16.7. The van der Waals surface area contributed by atoms with Crippen LogP contribution in [0.3, 0.4) is 0 Å². The number of hydrogen-bond acceptors (Lipinski definition) is 7. The van der Waals surface area contributed by atoms with Crippen LogP contribution in [0.25, 0.3) is 11.1 Å². The molecule has 9 heteroatoms. The van der Waals surface area contributed by atoms with Gasteiger partial charge in [0.25, 0.3) is 0 Å². The molecule has 5 aromatic rings. The number of urea groups is 1. The van der Waals surface area contributed by atoms with E-state index in [0.29, 0.717) is 38.2 Å². The average Bonchev–Trinajstić information content (AvgIpc) is 3.16. The van der Waals surface area contributed by atoms with E-state index < -0.39 is 12.4 Å². The van der Waals surface area contributed by atoms with Gasteiger partial charge in [0.15, 0.2) is 6.29 Å². The lowest BCUT2D eigenvalue weighted by molar-refractivity contribution is -0.252. The van der Waals surface area contributed by atoms with Gasteiger partial charge in [-0.3, -0.25) is 0 Å². The summed E-state index contributed by atoms with van der Waals surface area (Å²) >= 11 is 0. The van der Waals surface area contributed by atoms with Gasteiger partial charge in [0.05, 0.1) is 24.9 Å². The van der Waals surface area contributed by atoms with E-state index in [1.54, 1.807) is 24.3 Å². The van der Waals surface area contributed by atoms with Gasteiger partial charge in [0.2, 0.25) is 0 Å². The maximum atomic E-state index is 12.4. The van der Waals surface area contributed by atoms with Gasteiger partial charge in [-0.2, -0.15) is 0 Å². The summed E-state index contributed by atoms with van der Waals surface area (Å²) in [6, 6.07) is 40.3. The molecule has 1 heterocycles. The van der Waals surface area contributed by atoms with Gasteiger partial charge in [0.1, 0.15) is 5.75 Å². The highest BCUT2D eigenvalue weighted by Gasteiger charge is 2.33. The maximum absolute atomic E-state index is 12.4. The highest BCUT2D eigenvalue weighted by molar-refractivity contribution is 5.74. The predicted octanol–water partition coefficient (Wildman–Crippen LogP) is 6.76. The number of carbonyl (C=O) groups excluding carboxylic acids is 1. The van der Waals surface area contributed by atoms with Crippen LogP contribution >= 0.6 is 0 Å². The van der Waals surface area contributed by atoms with Crippen LogP contribution in [0.4, 0.5) is 4.79 Å². The average molecular weight is 688 g/mol. The molecule has 51 heavy (non-hydrogen) atoms. The van der Waals surface area contributed by atoms with Gasteiger partial charge in [-0.1, -0.05) is 109 Å². The van der Waals surface area contributed by atoms with Crippen molar-refractivity contribution >= 4 is 6.03 Å². The van der Waals surface area contributed by atoms with Crippen LogP contribution in [0, 0.1) is 0 Å². The van der Waals surface area contributed by atoms with E-state index in [1.165, 1.54) is 0 Å². The molecule has 2 amide bonds. The van der Waals surface area contributed by atoms with Crippen LogP contribution in [0.15, 0.2) is 127 Å². The standard InChI is InChI=1S/C42H45N3O6/c1-45(27-39(48)36-11-6-12-37(47)22-36)26-38-23-40(33-15-13-30(28-46)14-16-33)51-41(50-38)34-19-17-32(18-20-34)35-10-5-9-31(21-35)25-44-42(49)43-24-29-7-3-2-4-8-29/h2-22,38-41,46-48H,23-28H2,1H3,(H2,43,44,49)/t38-,39-,40+,41+/m1/s1. The van der Waals surface area contributed by atoms with Crippen molar-refractivity contribution in [1.82, 2.24) is 15.5 Å². The van der Waals surface area contributed by atoms with Gasteiger partial charge in [-0.05, 0) is 64.2 Å². The number of aliphatic hydroxyl groups excluding tert-OH is 2. The predicted molar refractivity (Wildman–Crippen MR) is 196 cm³/mol. The first-order chi connectivity index (χ1) is 24.8. The first kappa shape index (κ1) is 35.8. The summed E-state index contributed by atoms with van der Waals surface area (Å²) in [6.45, 7) is 1.77. The summed E-state index contributed by atoms with van der Waals surface area (Å²) in [6.07, 6.45) is -1.20. The van der Waals surface area contributed by atoms with Crippen LogP contribution in [0.1, 0.15) is 58.3 Å². The lowest BCUT2D eigenvalue weighted by Gasteiger charge is -2.38. The first-order valence-corrected chi connectivity index (χ1v) is 17.2. The van der Waals surface area contributed by atoms with E-state index >= 15 is 0 Å². The molecule has 5 aromatic carbocycles. The molecular weight excluding hydrogens is 642 g/mol. The maximum Gasteiger partial charge on any atom is 0.315 e. The zero-order chi connectivity index (χ0) is 35.6. The second-order valence-corrected chi connectivity index (χ2v) is 13.0. The molecule has 0 aliphatic carbocycles. The molecule has 0 bridgehead atoms. The van der Waals surface area contributed by atoms with Gasteiger partial charge in [0, 0.05) is 38.2 Å². The van der Waals surface area contributed by atoms with Crippen molar-refractivity contribution in [3.8, 4) is 16.9 Å². The van der Waals surface area contributed by atoms with Crippen molar-refractivity contribution in [1.29, 1.82) is 0 Å². The monoisotopic (exact) mass is 687 g/mol. The third-order valence-corrected chi connectivity index (χ3v) is 9.06. The summed E-state index contributed by atoms with van der Waals surface area (Å²) in [4.78, 5) is 14.4. The van der Waals surface area contributed by atoms with Crippen LogP contribution in [-0.4, -0.2) is 52.5 Å². The van der Waals surface area contributed by atoms with Gasteiger partial charge >= 0.3 is 6.03 Å². The molecule has 264 valence electrons. The number of ether oxygens (including phenoxy) is 2. The molecule has 5 N–H and O–H groups in total. The summed E-state index contributed by atoms with van der Waals surface area (Å²) in [7, 11) is 1.94. The molecule has 0 unspecified atom stereocenters. The fourth-order valence-corrected chi connectivity index (χ4v) is 6.30. The molecule has 0 spiro atoms. The van der Waals surface area contributed by atoms with Crippen molar-refractivity contribution in [3.63, 3.8) is 0 Å². The number of aromatic hydroxyl groups is 1. The number of nitrogens with one attached hydrogen (secondary N) is 2. The Labute approximate surface area is 299 Å². The first-order valence-electron chi connectivity index (χ1n) is 17.2. The normalized spacial score (nSPS) is 17.9. The van der Waals surface area contributed by atoms with E-state index in [-0.39, 0.29) is 30.6 Å². The quantitative estimate of drug-likeness (QED) is 0.0927. The van der Waals surface area contributed by atoms with E-state index in [2.05, 4.69) is 16.7 Å². The van der Waals surface area contributed by atoms with Gasteiger partial charge < -0.3 is 40.3 Å². The number of nitrogens with zero attached hydrogens (tertiary/aromatic N) is 1. The molecule has 1 aliphatic rings. The molecule has 0 saturated carbocycles. The molecule has 9 nitrogen and oxygen atoms in total. The van der Waals surface area contributed by atoms with E-state index in [4.69, 9.17) is 9.47 Å². The Hall–Kier alpha value is -5.03. The Morgan fingerprint density at radius 2 is 1.45 bits per heavy atom. The smallest absolute Gasteiger partial charge is 0.315 e. The largest absolute Gasteiger partial charge is 0.508 e. The molecule has 6 rings (SSSR count). The summed E-state index contributed by atoms with van der Waals surface area (Å²) in [5, 5.41) is 36.1. The van der Waals surface area contributed by atoms with E-state index in [9.17, 15) is 20.1 Å². The number of amides is 2. The van der Waals surface area contributed by atoms with E-state index in [0.717, 1.165) is 38.9 Å². The minimum absolute atomic E-state index is 0.0255. The number of benzene rings is 5. The minimum atomic E-state index is -0.766. The molecule has 1 fully saturated rings. The van der Waals surface area contributed by atoms with Crippen LogP contribution in [-0.2, 0) is 29.2 Å². The van der Waals surface area contributed by atoms with Crippen molar-refractivity contribution in [2.75, 3.05) is 20.1 Å². The van der Waals surface area contributed by atoms with Crippen LogP contribution < -0.4 is 10.6 Å². The molecule has 0 radical (unpaired) electrons. The summed E-state index contributed by atoms with van der Waals surface area (Å²) < 4.78 is 13.1. The highest BCUT2D eigenvalue weighted by Crippen LogP contribution is 2.39. The second-order valence-electron chi connectivity index (χ2n) is 13.0. The molecule has 1 saturated heterocycles. The molecule has 0 aromatic heterocycles. The third kappa shape index (κ3) is 10.0. The van der Waals surface area contributed by atoms with Gasteiger partial charge in [-0.25, -0.2) is 4.79 Å². The van der Waals surface area contributed by atoms with E-state index in [1.807, 2.05) is 109 Å². The van der Waals surface area contributed by atoms with Crippen molar-refractivity contribution in [2.24, 2.45) is 0 Å². The Morgan fingerprint density at radius 1 is 0.765 bits per heavy atom. The Kier molecular flexibility index (Phi) is 12.1. The number of aliphatic hydroxyl groups is 2. The summed E-state index contributed by atoms with van der Waals surface area (Å²) in [5.41, 5.74) is 7.46. The molecule has 1 aliphatic heterocycles. The van der Waals surface area contributed by atoms with Crippen molar-refractivity contribution in [3.05, 3.63) is 161 Å². The third-order valence-electron chi connectivity index (χ3n) is 9.06. The second kappa shape index (κ2) is 17.3. The number of rotatable bonds is 13. The molecular formula is C42H45N3O6. The Bertz CT molecular complexity index is 1850. The van der Waals surface area contributed by atoms with Crippen LogP contribution in [0.5, 0.6) is 5.75 Å². The topological polar surface area (TPSA) is 124 Å². The zero-order valence-corrected chi connectivity index (χ0v) is 28.7. The Morgan fingerprint density at radius 3 is 2.18 bits per heavy atom. The lowest BCUT2D eigenvalue weighted by atomic mass is 9.99. The van der Waals surface area contributed by atoms with Crippen molar-refractivity contribution < 1.29 is 29.6 Å². The van der Waals surface area contributed by atoms with Crippen LogP contribution in [0.2, 0.25) is 0 Å². The lowest BCUT2D eigenvalue weighted by Crippen LogP contribution is -2.39. The minimum Gasteiger partial charge on any atom is -0.508 e. The fourth-order valence-electron chi connectivity index (χ4n) is 6.30. The van der Waals surface area contributed by atoms with Crippen molar-refractivity contribution in [2.45, 2.75) is 50.7 Å². The Balaban J connectivity index is 1.11. The number of phenolic OH excluding ortho intramolecular Hbond substituents is 1. The fraction of sp³-hybridized carbons (Fsp3) is 0.262. The van der Waals surface area contributed by atoms with Gasteiger partial charge in [-0.15, -0.1) is 0 Å². The molecule has 4 atom stereocenters. The number of hydrogen-bond donors (Lipinski definition) is 5. The number of phenols is 1. The SMILES string of the molecule is CN(C[C@H]1C[C@@H](c2ccc(CO)cc2)O[C@@H](c2ccc(-c3cccc(CNC(=O)NCc4ccccc4)c3)cc2)O1)C[C@@H](O)c1cccc(O)c1.